The summed E-state index contributed by atoms with van der Waals surface area (Å²) < 4.78 is 37.0. The fraction of sp³-hybridized carbons (Fsp3) is 0.314. The first kappa shape index (κ1) is 30.8. The van der Waals surface area contributed by atoms with Crippen molar-refractivity contribution in [1.82, 2.24) is 14.5 Å². The Morgan fingerprint density at radius 2 is 1.71 bits per heavy atom. The summed E-state index contributed by atoms with van der Waals surface area (Å²) in [5.74, 6) is -0.537. The van der Waals surface area contributed by atoms with Crippen LogP contribution >= 0.6 is 0 Å². The number of nitrogens with one attached hydrogen (secondary N) is 1. The normalized spacial score (nSPS) is 14.8. The summed E-state index contributed by atoms with van der Waals surface area (Å²) in [7, 11) is -3.69. The lowest BCUT2D eigenvalue weighted by molar-refractivity contribution is 0.00693. The molecule has 1 aliphatic heterocycles. The van der Waals surface area contributed by atoms with Crippen LogP contribution in [0, 0.1) is 0 Å². The number of likely N-dealkylation sites (tertiary alicyclic amines) is 1. The molecule has 0 saturated carbocycles. The smallest absolute Gasteiger partial charge is 0.355 e. The van der Waals surface area contributed by atoms with Gasteiger partial charge in [-0.05, 0) is 78.9 Å². The summed E-state index contributed by atoms with van der Waals surface area (Å²) in [4.78, 5) is 20.9. The monoisotopic (exact) mass is 625 g/mol. The topological polar surface area (TPSA) is 120 Å². The third-order valence-electron chi connectivity index (χ3n) is 8.45. The van der Waals surface area contributed by atoms with E-state index in [1.54, 1.807) is 12.1 Å². The third-order valence-corrected chi connectivity index (χ3v) is 9.71. The maximum absolute atomic E-state index is 13.8. The number of sulfonamides is 1. The molecule has 3 N–H and O–H groups in total. The second-order valence-corrected chi connectivity index (χ2v) is 13.7. The molecule has 2 aromatic heterocycles. The number of esters is 1. The number of hydrogen-bond acceptors (Lipinski definition) is 7. The molecule has 45 heavy (non-hydrogen) atoms. The lowest BCUT2D eigenvalue weighted by Crippen LogP contribution is -2.41. The van der Waals surface area contributed by atoms with E-state index in [0.717, 1.165) is 47.7 Å². The number of benzene rings is 3. The second-order valence-electron chi connectivity index (χ2n) is 12.0. The van der Waals surface area contributed by atoms with Gasteiger partial charge in [-0.3, -0.25) is 4.72 Å². The molecule has 9 nitrogen and oxygen atoms in total. The zero-order valence-electron chi connectivity index (χ0n) is 25.6. The number of piperidine rings is 1. The van der Waals surface area contributed by atoms with E-state index in [9.17, 15) is 13.2 Å². The number of anilines is 1. The quantitative estimate of drug-likeness (QED) is 0.192. The molecule has 10 heteroatoms. The molecule has 1 fully saturated rings. The number of nitrogens with zero attached hydrogens (tertiary/aromatic N) is 3. The third kappa shape index (κ3) is 7.03. The average molecular weight is 626 g/mol. The molecule has 6 rings (SSSR count). The van der Waals surface area contributed by atoms with E-state index < -0.39 is 16.0 Å². The van der Waals surface area contributed by atoms with Crippen LogP contribution in [-0.4, -0.2) is 54.1 Å². The van der Waals surface area contributed by atoms with E-state index in [2.05, 4.69) is 23.5 Å². The van der Waals surface area contributed by atoms with E-state index in [1.165, 1.54) is 0 Å². The lowest BCUT2D eigenvalue weighted by atomic mass is 10.0. The van der Waals surface area contributed by atoms with E-state index in [4.69, 9.17) is 15.5 Å². The Kier molecular flexibility index (Phi) is 8.89. The number of carbonyl (C=O) groups is 1. The second kappa shape index (κ2) is 13.0. The minimum absolute atomic E-state index is 0.143. The number of rotatable bonds is 10. The van der Waals surface area contributed by atoms with Crippen molar-refractivity contribution < 1.29 is 17.9 Å². The molecule has 3 heterocycles. The highest BCUT2D eigenvalue weighted by molar-refractivity contribution is 7.91. The van der Waals surface area contributed by atoms with E-state index >= 15 is 0 Å². The van der Waals surface area contributed by atoms with Gasteiger partial charge in [-0.1, -0.05) is 54.6 Å². The van der Waals surface area contributed by atoms with Crippen LogP contribution in [0.3, 0.4) is 0 Å². The molecule has 0 spiro atoms. The van der Waals surface area contributed by atoms with Gasteiger partial charge in [0.15, 0.2) is 0 Å². The molecule has 0 atom stereocenters. The number of pyridine rings is 1. The first-order valence-electron chi connectivity index (χ1n) is 15.4. The first-order valence-corrected chi connectivity index (χ1v) is 17.0. The highest BCUT2D eigenvalue weighted by Gasteiger charge is 2.27. The Hall–Kier alpha value is -4.25. The summed E-state index contributed by atoms with van der Waals surface area (Å²) in [5.41, 5.74) is 9.66. The van der Waals surface area contributed by atoms with Gasteiger partial charge in [0, 0.05) is 36.7 Å². The fourth-order valence-corrected chi connectivity index (χ4v) is 7.27. The van der Waals surface area contributed by atoms with Crippen molar-refractivity contribution in [2.45, 2.75) is 57.7 Å². The predicted octanol–water partition coefficient (Wildman–Crippen LogP) is 5.67. The van der Waals surface area contributed by atoms with Crippen LogP contribution < -0.4 is 10.5 Å². The van der Waals surface area contributed by atoms with Gasteiger partial charge in [-0.25, -0.2) is 18.2 Å². The molecular formula is C35H39N5O4S. The summed E-state index contributed by atoms with van der Waals surface area (Å²) in [5, 5.41) is 2.62. The van der Waals surface area contributed by atoms with Crippen LogP contribution in [0.1, 0.15) is 54.0 Å². The van der Waals surface area contributed by atoms with Gasteiger partial charge >= 0.3 is 5.97 Å². The Labute approximate surface area is 264 Å². The van der Waals surface area contributed by atoms with Crippen molar-refractivity contribution in [1.29, 1.82) is 0 Å². The minimum atomic E-state index is -3.69. The molecule has 3 aromatic carbocycles. The van der Waals surface area contributed by atoms with Crippen molar-refractivity contribution in [2.75, 3.05) is 17.8 Å². The summed E-state index contributed by atoms with van der Waals surface area (Å²) >= 11 is 0. The van der Waals surface area contributed by atoms with Crippen LogP contribution in [0.25, 0.3) is 21.8 Å². The van der Waals surface area contributed by atoms with Crippen LogP contribution in [0.4, 0.5) is 5.69 Å². The molecule has 1 saturated heterocycles. The highest BCUT2D eigenvalue weighted by Crippen LogP contribution is 2.29. The summed E-state index contributed by atoms with van der Waals surface area (Å²) in [6.07, 6.45) is 1.42. The van der Waals surface area contributed by atoms with Gasteiger partial charge in [0.25, 0.3) is 0 Å². The van der Waals surface area contributed by atoms with E-state index in [-0.39, 0.29) is 24.9 Å². The summed E-state index contributed by atoms with van der Waals surface area (Å²) in [6.45, 7) is 6.67. The molecule has 5 aromatic rings. The Morgan fingerprint density at radius 1 is 0.978 bits per heavy atom. The molecule has 0 amide bonds. The fourth-order valence-electron chi connectivity index (χ4n) is 6.09. The average Bonchev–Trinajstić information content (AvgIpc) is 3.38. The maximum atomic E-state index is 13.8. The van der Waals surface area contributed by atoms with Gasteiger partial charge in [0.2, 0.25) is 10.0 Å². The molecule has 0 bridgehead atoms. The maximum Gasteiger partial charge on any atom is 0.355 e. The number of nitrogens with two attached hydrogens (primary N) is 1. The zero-order valence-corrected chi connectivity index (χ0v) is 26.5. The molecule has 1 aliphatic rings. The van der Waals surface area contributed by atoms with Crippen molar-refractivity contribution in [3.8, 4) is 0 Å². The zero-order chi connectivity index (χ0) is 31.6. The number of carbonyl (C=O) groups excluding carboxylic acids is 1. The minimum Gasteiger partial charge on any atom is -0.458 e. The standard InChI is InChI=1S/C35H39N5O4S/c1-24(2)39-16-14-31(15-17-39)44-35(41)33-20-27-12-13-29(21-36)37-34(27)40(33)22-28-19-30(18-26-10-6-7-11-32(26)28)38-45(42,43)23-25-8-4-3-5-9-25/h3-13,18-20,24,31,38H,14-17,21-23,36H2,1-2H3. The molecule has 0 unspecified atom stereocenters. The number of ether oxygens (including phenoxy) is 1. The van der Waals surface area contributed by atoms with Gasteiger partial charge in [0.05, 0.1) is 18.0 Å². The van der Waals surface area contributed by atoms with Gasteiger partial charge in [-0.2, -0.15) is 0 Å². The van der Waals surface area contributed by atoms with Crippen LogP contribution in [-0.2, 0) is 33.6 Å². The van der Waals surface area contributed by atoms with E-state index in [0.29, 0.717) is 34.3 Å². The van der Waals surface area contributed by atoms with Crippen molar-refractivity contribution in [2.24, 2.45) is 5.73 Å². The molecule has 234 valence electrons. The number of aromatic nitrogens is 2. The molecular weight excluding hydrogens is 586 g/mol. The Balaban J connectivity index is 1.35. The Morgan fingerprint density at radius 3 is 2.44 bits per heavy atom. The van der Waals surface area contributed by atoms with Crippen molar-refractivity contribution >= 4 is 43.5 Å². The SMILES string of the molecule is CC(C)N1CCC(OC(=O)c2cc3ccc(CN)nc3n2Cc2cc(NS(=O)(=O)Cc3ccccc3)cc3ccccc23)CC1. The first-order chi connectivity index (χ1) is 21.7. The van der Waals surface area contributed by atoms with Crippen molar-refractivity contribution in [3.63, 3.8) is 0 Å². The highest BCUT2D eigenvalue weighted by atomic mass is 32.2. The van der Waals surface area contributed by atoms with Gasteiger partial charge in [0.1, 0.15) is 17.4 Å². The molecule has 0 radical (unpaired) electrons. The number of fused-ring (bicyclic) bond motifs is 2. The van der Waals surface area contributed by atoms with Crippen LogP contribution in [0.15, 0.2) is 84.9 Å². The van der Waals surface area contributed by atoms with Crippen LogP contribution in [0.2, 0.25) is 0 Å². The van der Waals surface area contributed by atoms with Crippen molar-refractivity contribution in [3.05, 3.63) is 107 Å². The van der Waals surface area contributed by atoms with E-state index in [1.807, 2.05) is 77.4 Å². The molecule has 0 aliphatic carbocycles. The predicted molar refractivity (Wildman–Crippen MR) is 179 cm³/mol. The van der Waals surface area contributed by atoms with Crippen LogP contribution in [0.5, 0.6) is 0 Å². The Bertz CT molecular complexity index is 1930. The van der Waals surface area contributed by atoms with Gasteiger partial charge in [-0.15, -0.1) is 0 Å². The number of hydrogen-bond donors (Lipinski definition) is 2. The van der Waals surface area contributed by atoms with Gasteiger partial charge < -0.3 is 19.9 Å². The summed E-state index contributed by atoms with van der Waals surface area (Å²) in [6, 6.07) is 26.6. The lowest BCUT2D eigenvalue weighted by Gasteiger charge is -2.34. The largest absolute Gasteiger partial charge is 0.458 e.